The van der Waals surface area contributed by atoms with E-state index in [1.54, 1.807) is 0 Å². The van der Waals surface area contributed by atoms with E-state index in [1.165, 1.54) is 77.0 Å². The molecule has 2 N–H and O–H groups in total. The molecule has 0 saturated carbocycles. The molecule has 50 heavy (non-hydrogen) atoms. The number of allylic oxidation sites excluding steroid dienone is 4. The second-order valence-electron chi connectivity index (χ2n) is 14.6. The van der Waals surface area contributed by atoms with Gasteiger partial charge < -0.3 is 24.6 Å². The van der Waals surface area contributed by atoms with Crippen LogP contribution in [0.1, 0.15) is 207 Å². The molecule has 0 heterocycles. The summed E-state index contributed by atoms with van der Waals surface area (Å²) in [7, 11) is 0. The molecule has 296 valence electrons. The van der Waals surface area contributed by atoms with Gasteiger partial charge in [-0.15, -0.1) is 0 Å². The Kier molecular flexibility index (Phi) is 39.6. The molecule has 0 aromatic heterocycles. The van der Waals surface area contributed by atoms with Crippen LogP contribution < -0.4 is 0 Å². The molecule has 1 atom stereocenters. The first kappa shape index (κ1) is 48.8. The third kappa shape index (κ3) is 36.6. The molecule has 0 fully saturated rings. The van der Waals surface area contributed by atoms with Crippen LogP contribution in [-0.4, -0.2) is 66.3 Å². The molecule has 0 aliphatic rings. The Labute approximate surface area is 311 Å². The lowest BCUT2D eigenvalue weighted by Crippen LogP contribution is -2.29. The average molecular weight is 708 g/mol. The average Bonchev–Trinajstić information content (AvgIpc) is 3.11. The predicted octanol–water partition coefficient (Wildman–Crippen LogP) is 12.0. The second kappa shape index (κ2) is 40.6. The van der Waals surface area contributed by atoms with Crippen LogP contribution in [0, 0.1) is 0 Å². The fourth-order valence-corrected chi connectivity index (χ4v) is 6.36. The molecule has 0 aliphatic heterocycles. The fourth-order valence-electron chi connectivity index (χ4n) is 6.36. The minimum Gasteiger partial charge on any atom is -0.466 e. The van der Waals surface area contributed by atoms with Gasteiger partial charge in [0.25, 0.3) is 0 Å². The number of carbonyl (C=O) groups excluding carboxylic acids is 1. The molecule has 0 aromatic rings. The number of aliphatic hydroxyl groups is 2. The van der Waals surface area contributed by atoms with Gasteiger partial charge in [-0.05, 0) is 90.1 Å². The maximum atomic E-state index is 12.1. The van der Waals surface area contributed by atoms with Crippen molar-refractivity contribution in [3.63, 3.8) is 0 Å². The summed E-state index contributed by atoms with van der Waals surface area (Å²) in [6.07, 6.45) is 41.0. The maximum Gasteiger partial charge on any atom is 0.305 e. The largest absolute Gasteiger partial charge is 0.466 e. The molecule has 0 amide bonds. The summed E-state index contributed by atoms with van der Waals surface area (Å²) in [5.41, 5.74) is 0. The van der Waals surface area contributed by atoms with Crippen molar-refractivity contribution in [2.75, 3.05) is 32.8 Å². The van der Waals surface area contributed by atoms with Gasteiger partial charge in [-0.1, -0.05) is 148 Å². The van der Waals surface area contributed by atoms with Gasteiger partial charge in [-0.25, -0.2) is 0 Å². The third-order valence-corrected chi connectivity index (χ3v) is 9.65. The van der Waals surface area contributed by atoms with Crippen molar-refractivity contribution in [2.45, 2.75) is 219 Å². The normalized spacial score (nSPS) is 12.7. The highest BCUT2D eigenvalue weighted by Gasteiger charge is 2.14. The number of hydrogen-bond donors (Lipinski definition) is 2. The minimum absolute atomic E-state index is 0.0492. The van der Waals surface area contributed by atoms with E-state index < -0.39 is 6.29 Å². The summed E-state index contributed by atoms with van der Waals surface area (Å²) in [5, 5.41) is 20.2. The summed E-state index contributed by atoms with van der Waals surface area (Å²) < 4.78 is 11.6. The van der Waals surface area contributed by atoms with Gasteiger partial charge in [0.1, 0.15) is 0 Å². The molecule has 0 saturated heterocycles. The zero-order valence-electron chi connectivity index (χ0n) is 33.6. The molecule has 0 aromatic carbocycles. The summed E-state index contributed by atoms with van der Waals surface area (Å²) >= 11 is 0. The number of aliphatic hydroxyl groups excluding tert-OH is 2. The van der Waals surface area contributed by atoms with E-state index in [0.717, 1.165) is 109 Å². The van der Waals surface area contributed by atoms with Gasteiger partial charge in [-0.2, -0.15) is 0 Å². The smallest absolute Gasteiger partial charge is 0.305 e. The van der Waals surface area contributed by atoms with Crippen LogP contribution in [0.15, 0.2) is 24.3 Å². The number of hydrogen-bond acceptors (Lipinski definition) is 6. The Balaban J connectivity index is 4.00. The predicted molar refractivity (Wildman–Crippen MR) is 215 cm³/mol. The SMILES string of the molecule is CCCC/C=C\CCC(CC/C=C\CCCC)OC(O)CCCCCCCN(CCO)CCCCCC(=O)OCCCCCCCCCCC. The van der Waals surface area contributed by atoms with Crippen molar-refractivity contribution in [2.24, 2.45) is 0 Å². The summed E-state index contributed by atoms with van der Waals surface area (Å²) in [5.74, 6) is -0.0492. The van der Waals surface area contributed by atoms with Crippen LogP contribution in [0.2, 0.25) is 0 Å². The van der Waals surface area contributed by atoms with Crippen LogP contribution >= 0.6 is 0 Å². The Bertz CT molecular complexity index is 720. The van der Waals surface area contributed by atoms with E-state index in [1.807, 2.05) is 0 Å². The van der Waals surface area contributed by atoms with E-state index in [9.17, 15) is 15.0 Å². The summed E-state index contributed by atoms with van der Waals surface area (Å²) in [6.45, 7) is 10.2. The number of esters is 1. The van der Waals surface area contributed by atoms with Gasteiger partial charge in [0.05, 0.1) is 19.3 Å². The summed E-state index contributed by atoms with van der Waals surface area (Å²) in [6, 6.07) is 0. The van der Waals surface area contributed by atoms with Crippen molar-refractivity contribution in [3.8, 4) is 0 Å². The van der Waals surface area contributed by atoms with Crippen molar-refractivity contribution in [1.82, 2.24) is 4.90 Å². The highest BCUT2D eigenvalue weighted by atomic mass is 16.6. The highest BCUT2D eigenvalue weighted by molar-refractivity contribution is 5.69. The van der Waals surface area contributed by atoms with E-state index >= 15 is 0 Å². The van der Waals surface area contributed by atoms with Crippen LogP contribution in [0.4, 0.5) is 0 Å². The zero-order chi connectivity index (χ0) is 36.6. The van der Waals surface area contributed by atoms with Crippen LogP contribution in [0.25, 0.3) is 0 Å². The number of ether oxygens (including phenoxy) is 2. The molecule has 0 bridgehead atoms. The summed E-state index contributed by atoms with van der Waals surface area (Å²) in [4.78, 5) is 14.4. The molecule has 1 unspecified atom stereocenters. The Morgan fingerprint density at radius 3 is 1.60 bits per heavy atom. The van der Waals surface area contributed by atoms with E-state index in [2.05, 4.69) is 50.0 Å². The number of carbonyl (C=O) groups is 1. The van der Waals surface area contributed by atoms with E-state index in [0.29, 0.717) is 26.0 Å². The Hall–Kier alpha value is -1.21. The Morgan fingerprint density at radius 1 is 0.560 bits per heavy atom. The highest BCUT2D eigenvalue weighted by Crippen LogP contribution is 2.17. The van der Waals surface area contributed by atoms with Crippen LogP contribution in [0.3, 0.4) is 0 Å². The van der Waals surface area contributed by atoms with Gasteiger partial charge >= 0.3 is 5.97 Å². The number of rotatable bonds is 40. The lowest BCUT2D eigenvalue weighted by molar-refractivity contribution is -0.144. The zero-order valence-corrected chi connectivity index (χ0v) is 33.6. The molecular weight excluding hydrogens is 622 g/mol. The standard InChI is InChI=1S/C44H85NO5/c1-4-7-10-13-16-17-18-24-32-41-49-43(47)35-29-25-31-38-45(39-40-46)37-30-23-19-22-28-36-44(48)50-42(33-26-20-14-11-8-5-2)34-27-21-15-12-9-6-3/h14-15,20-21,42,44,46,48H,4-13,16-19,22-41H2,1-3H3/b20-14-,21-15-. The first-order valence-electron chi connectivity index (χ1n) is 21.7. The third-order valence-electron chi connectivity index (χ3n) is 9.65. The number of unbranched alkanes of at least 4 members (excludes halogenated alkanes) is 18. The first-order valence-corrected chi connectivity index (χ1v) is 21.7. The fraction of sp³-hybridized carbons (Fsp3) is 0.886. The minimum atomic E-state index is -0.672. The van der Waals surface area contributed by atoms with Gasteiger partial charge in [0, 0.05) is 13.0 Å². The molecule has 0 radical (unpaired) electrons. The van der Waals surface area contributed by atoms with Crippen molar-refractivity contribution in [1.29, 1.82) is 0 Å². The molecule has 6 heteroatoms. The van der Waals surface area contributed by atoms with Gasteiger partial charge in [-0.3, -0.25) is 4.79 Å². The maximum absolute atomic E-state index is 12.1. The molecule has 0 rings (SSSR count). The van der Waals surface area contributed by atoms with Gasteiger partial charge in [0.15, 0.2) is 6.29 Å². The molecular formula is C44H85NO5. The second-order valence-corrected chi connectivity index (χ2v) is 14.6. The molecule has 0 aliphatic carbocycles. The Morgan fingerprint density at radius 2 is 1.04 bits per heavy atom. The monoisotopic (exact) mass is 708 g/mol. The molecule has 0 spiro atoms. The van der Waals surface area contributed by atoms with Crippen molar-refractivity contribution in [3.05, 3.63) is 24.3 Å². The van der Waals surface area contributed by atoms with Crippen LogP contribution in [-0.2, 0) is 14.3 Å². The van der Waals surface area contributed by atoms with E-state index in [-0.39, 0.29) is 18.7 Å². The first-order chi connectivity index (χ1) is 24.6. The van der Waals surface area contributed by atoms with Gasteiger partial charge in [0.2, 0.25) is 0 Å². The van der Waals surface area contributed by atoms with Crippen molar-refractivity contribution >= 4 is 5.97 Å². The van der Waals surface area contributed by atoms with E-state index in [4.69, 9.17) is 9.47 Å². The lowest BCUT2D eigenvalue weighted by atomic mass is 10.1. The number of nitrogens with zero attached hydrogens (tertiary/aromatic N) is 1. The van der Waals surface area contributed by atoms with Crippen molar-refractivity contribution < 1.29 is 24.5 Å². The topological polar surface area (TPSA) is 79.2 Å². The lowest BCUT2D eigenvalue weighted by Gasteiger charge is -2.21. The quantitative estimate of drug-likeness (QED) is 0.0286. The van der Waals surface area contributed by atoms with Crippen LogP contribution in [0.5, 0.6) is 0 Å². The molecule has 6 nitrogen and oxygen atoms in total.